The Labute approximate surface area is 271 Å². The normalized spacial score (nSPS) is 26.1. The number of aryl methyl sites for hydroxylation is 1. The van der Waals surface area contributed by atoms with Gasteiger partial charge in [0.05, 0.1) is 6.61 Å². The van der Waals surface area contributed by atoms with Crippen molar-refractivity contribution in [3.63, 3.8) is 0 Å². The standard InChI is InChI=1S/C37H46ClN3O4/c1-24(23-45-33-11-17-40-32-8-3-5-25(2)34(32)33)19-27-20-26-9-10-30(44-18-16-39)22-31(26)36(27)12-14-37(15-13-36,35(42)43)41-29-7-4-6-28(38)21-29/h4,6-7,9-11,17,21-22,24-25,27,41H,3,5,8,12-16,18-20,23,39H2,1-2H3,(H,42,43)/t24-,25-,27?,36?,37?/m1/s1. The summed E-state index contributed by atoms with van der Waals surface area (Å²) in [5.74, 6) is 2.17. The Kier molecular flexibility index (Phi) is 9.30. The first-order valence-corrected chi connectivity index (χ1v) is 16.9. The van der Waals surface area contributed by atoms with E-state index in [1.807, 2.05) is 24.4 Å². The quantitative estimate of drug-likeness (QED) is 0.201. The number of nitrogens with one attached hydrogen (secondary N) is 1. The highest BCUT2D eigenvalue weighted by Gasteiger charge is 2.54. The lowest BCUT2D eigenvalue weighted by atomic mass is 9.59. The fourth-order valence-electron chi connectivity index (χ4n) is 8.34. The number of aliphatic carboxylic acids is 1. The lowest BCUT2D eigenvalue weighted by molar-refractivity contribution is -0.144. The Hall–Kier alpha value is -3.29. The minimum absolute atomic E-state index is 0.134. The number of pyridine rings is 1. The molecule has 0 saturated heterocycles. The van der Waals surface area contributed by atoms with E-state index < -0.39 is 11.5 Å². The fraction of sp³-hybridized carbons (Fsp3) is 0.514. The Morgan fingerprint density at radius 2 is 1.98 bits per heavy atom. The number of nitrogens with two attached hydrogens (primary N) is 1. The molecule has 3 atom stereocenters. The summed E-state index contributed by atoms with van der Waals surface area (Å²) in [5.41, 5.74) is 10.4. The Morgan fingerprint density at radius 1 is 1.16 bits per heavy atom. The Balaban J connectivity index is 1.23. The monoisotopic (exact) mass is 631 g/mol. The first-order valence-electron chi connectivity index (χ1n) is 16.6. The second kappa shape index (κ2) is 13.2. The molecule has 45 heavy (non-hydrogen) atoms. The molecular weight excluding hydrogens is 586 g/mol. The highest BCUT2D eigenvalue weighted by Crippen LogP contribution is 2.56. The van der Waals surface area contributed by atoms with Gasteiger partial charge in [-0.3, -0.25) is 4.98 Å². The number of carbonyl (C=O) groups is 1. The van der Waals surface area contributed by atoms with Gasteiger partial charge in [0.25, 0.3) is 0 Å². The van der Waals surface area contributed by atoms with Crippen molar-refractivity contribution in [2.45, 2.75) is 88.5 Å². The summed E-state index contributed by atoms with van der Waals surface area (Å²) in [4.78, 5) is 17.5. The summed E-state index contributed by atoms with van der Waals surface area (Å²) >= 11 is 6.25. The molecule has 2 aromatic carbocycles. The van der Waals surface area contributed by atoms with Crippen molar-refractivity contribution >= 4 is 23.3 Å². The van der Waals surface area contributed by atoms with Crippen LogP contribution in [0.15, 0.2) is 54.7 Å². The van der Waals surface area contributed by atoms with E-state index in [2.05, 4.69) is 42.3 Å². The molecule has 0 amide bonds. The highest BCUT2D eigenvalue weighted by atomic mass is 35.5. The molecule has 1 fully saturated rings. The zero-order valence-electron chi connectivity index (χ0n) is 26.5. The number of nitrogens with zero attached hydrogens (tertiary/aromatic N) is 1. The summed E-state index contributed by atoms with van der Waals surface area (Å²) in [7, 11) is 0. The van der Waals surface area contributed by atoms with Crippen molar-refractivity contribution in [1.29, 1.82) is 0 Å². The van der Waals surface area contributed by atoms with Gasteiger partial charge < -0.3 is 25.6 Å². The molecule has 0 radical (unpaired) electrons. The molecule has 1 spiro atoms. The molecule has 1 aromatic heterocycles. The molecule has 3 aromatic rings. The van der Waals surface area contributed by atoms with Crippen LogP contribution in [0.5, 0.6) is 11.5 Å². The van der Waals surface area contributed by atoms with E-state index in [0.717, 1.165) is 49.3 Å². The van der Waals surface area contributed by atoms with E-state index in [0.29, 0.717) is 55.4 Å². The summed E-state index contributed by atoms with van der Waals surface area (Å²) in [6.07, 6.45) is 9.82. The highest BCUT2D eigenvalue weighted by molar-refractivity contribution is 6.30. The molecule has 0 bridgehead atoms. The number of ether oxygens (including phenoxy) is 2. The van der Waals surface area contributed by atoms with Crippen molar-refractivity contribution in [2.75, 3.05) is 25.1 Å². The van der Waals surface area contributed by atoms with Gasteiger partial charge in [-0.25, -0.2) is 4.79 Å². The van der Waals surface area contributed by atoms with Crippen LogP contribution >= 0.6 is 11.6 Å². The average Bonchev–Trinajstić information content (AvgIpc) is 3.31. The van der Waals surface area contributed by atoms with E-state index in [4.69, 9.17) is 26.8 Å². The number of halogens is 1. The number of hydrogen-bond acceptors (Lipinski definition) is 6. The molecule has 3 aliphatic rings. The van der Waals surface area contributed by atoms with Crippen molar-refractivity contribution in [1.82, 2.24) is 4.98 Å². The first kappa shape index (κ1) is 31.7. The van der Waals surface area contributed by atoms with Gasteiger partial charge in [-0.1, -0.05) is 37.6 Å². The van der Waals surface area contributed by atoms with Crippen molar-refractivity contribution in [3.05, 3.63) is 82.1 Å². The van der Waals surface area contributed by atoms with Crippen LogP contribution in [-0.4, -0.2) is 41.4 Å². The lowest BCUT2D eigenvalue weighted by Crippen LogP contribution is -2.53. The number of fused-ring (bicyclic) bond motifs is 3. The van der Waals surface area contributed by atoms with Crippen LogP contribution in [-0.2, 0) is 23.1 Å². The topological polar surface area (TPSA) is 107 Å². The maximum Gasteiger partial charge on any atom is 0.329 e. The second-order valence-electron chi connectivity index (χ2n) is 13.7. The molecular formula is C37H46ClN3O4. The SMILES string of the molecule is C[C@@H](COc1ccnc2c1[C@H](C)CCC2)CC1Cc2ccc(OCCN)cc2C12CCC(Nc1cccc(Cl)c1)(C(=O)O)CC2. The molecule has 7 nitrogen and oxygen atoms in total. The Morgan fingerprint density at radius 3 is 2.73 bits per heavy atom. The number of benzene rings is 2. The third-order valence-corrected chi connectivity index (χ3v) is 10.9. The average molecular weight is 632 g/mol. The number of carboxylic acid groups (broad SMARTS) is 1. The largest absolute Gasteiger partial charge is 0.493 e. The second-order valence-corrected chi connectivity index (χ2v) is 14.1. The fourth-order valence-corrected chi connectivity index (χ4v) is 8.53. The van der Waals surface area contributed by atoms with E-state index >= 15 is 0 Å². The lowest BCUT2D eigenvalue weighted by Gasteiger charge is -2.47. The van der Waals surface area contributed by atoms with E-state index in [1.165, 1.54) is 35.2 Å². The number of carboxylic acids is 1. The van der Waals surface area contributed by atoms with Crippen molar-refractivity contribution < 1.29 is 19.4 Å². The van der Waals surface area contributed by atoms with E-state index in [1.54, 1.807) is 12.1 Å². The van der Waals surface area contributed by atoms with Gasteiger partial charge in [0.2, 0.25) is 0 Å². The van der Waals surface area contributed by atoms with Crippen LogP contribution in [0.25, 0.3) is 0 Å². The number of anilines is 1. The summed E-state index contributed by atoms with van der Waals surface area (Å²) < 4.78 is 12.5. The predicted octanol–water partition coefficient (Wildman–Crippen LogP) is 7.54. The molecule has 8 heteroatoms. The molecule has 240 valence electrons. The minimum Gasteiger partial charge on any atom is -0.493 e. The Bertz CT molecular complexity index is 1520. The molecule has 1 saturated carbocycles. The van der Waals surface area contributed by atoms with Crippen LogP contribution in [0.1, 0.15) is 87.1 Å². The van der Waals surface area contributed by atoms with E-state index in [9.17, 15) is 9.90 Å². The zero-order chi connectivity index (χ0) is 31.6. The molecule has 0 aliphatic heterocycles. The van der Waals surface area contributed by atoms with Gasteiger partial charge >= 0.3 is 5.97 Å². The number of aromatic nitrogens is 1. The van der Waals surface area contributed by atoms with Crippen LogP contribution in [0, 0.1) is 11.8 Å². The molecule has 1 heterocycles. The zero-order valence-corrected chi connectivity index (χ0v) is 27.2. The van der Waals surface area contributed by atoms with Crippen LogP contribution in [0.4, 0.5) is 5.69 Å². The summed E-state index contributed by atoms with van der Waals surface area (Å²) in [6.45, 7) is 6.13. The van der Waals surface area contributed by atoms with Gasteiger partial charge in [0, 0.05) is 34.7 Å². The molecule has 3 aliphatic carbocycles. The number of hydrogen-bond donors (Lipinski definition) is 3. The molecule has 6 rings (SSSR count). The van der Waals surface area contributed by atoms with Crippen molar-refractivity contribution in [2.24, 2.45) is 17.6 Å². The third kappa shape index (κ3) is 6.39. The summed E-state index contributed by atoms with van der Waals surface area (Å²) in [6, 6.07) is 15.8. The number of rotatable bonds is 11. The maximum absolute atomic E-state index is 12.8. The minimum atomic E-state index is -1.05. The van der Waals surface area contributed by atoms with Crippen LogP contribution in [0.2, 0.25) is 5.02 Å². The molecule has 1 unspecified atom stereocenters. The van der Waals surface area contributed by atoms with Gasteiger partial charge in [-0.05, 0) is 128 Å². The van der Waals surface area contributed by atoms with Gasteiger partial charge in [-0.15, -0.1) is 0 Å². The maximum atomic E-state index is 12.8. The summed E-state index contributed by atoms with van der Waals surface area (Å²) in [5, 5.41) is 14.5. The first-order chi connectivity index (χ1) is 21.7. The third-order valence-electron chi connectivity index (χ3n) is 10.7. The van der Waals surface area contributed by atoms with Gasteiger partial charge in [0.1, 0.15) is 23.6 Å². The van der Waals surface area contributed by atoms with Crippen molar-refractivity contribution in [3.8, 4) is 11.5 Å². The molecule has 4 N–H and O–H groups in total. The van der Waals surface area contributed by atoms with Gasteiger partial charge in [0.15, 0.2) is 0 Å². The van der Waals surface area contributed by atoms with Gasteiger partial charge in [-0.2, -0.15) is 0 Å². The van der Waals surface area contributed by atoms with Crippen LogP contribution < -0.4 is 20.5 Å². The van der Waals surface area contributed by atoms with Crippen LogP contribution in [0.3, 0.4) is 0 Å². The smallest absolute Gasteiger partial charge is 0.329 e. The predicted molar refractivity (Wildman–Crippen MR) is 179 cm³/mol. The van der Waals surface area contributed by atoms with E-state index in [-0.39, 0.29) is 5.41 Å².